The lowest BCUT2D eigenvalue weighted by atomic mass is 9.96. The Hall–Kier alpha value is -2.58. The molecule has 0 saturated carbocycles. The van der Waals surface area contributed by atoms with E-state index < -0.39 is 24.5 Å². The summed E-state index contributed by atoms with van der Waals surface area (Å²) in [4.78, 5) is 23.8. The third-order valence-corrected chi connectivity index (χ3v) is 4.21. The molecular formula is C17H19F3N4O2. The van der Waals surface area contributed by atoms with Crippen molar-refractivity contribution in [3.8, 4) is 0 Å². The number of hydrogen-bond acceptors (Lipinski definition) is 5. The number of piperidine rings is 1. The van der Waals surface area contributed by atoms with Crippen molar-refractivity contribution >= 4 is 11.9 Å². The van der Waals surface area contributed by atoms with Crippen LogP contribution in [0.2, 0.25) is 0 Å². The van der Waals surface area contributed by atoms with Crippen LogP contribution >= 0.6 is 0 Å². The summed E-state index contributed by atoms with van der Waals surface area (Å²) >= 11 is 0. The van der Waals surface area contributed by atoms with Crippen LogP contribution in [-0.2, 0) is 11.3 Å². The van der Waals surface area contributed by atoms with Crippen LogP contribution < -0.4 is 4.90 Å². The van der Waals surface area contributed by atoms with Crippen LogP contribution in [0.25, 0.3) is 0 Å². The quantitative estimate of drug-likeness (QED) is 0.812. The average molecular weight is 368 g/mol. The van der Waals surface area contributed by atoms with Crippen molar-refractivity contribution in [2.24, 2.45) is 5.92 Å². The third kappa shape index (κ3) is 4.74. The Balaban J connectivity index is 1.72. The van der Waals surface area contributed by atoms with Crippen LogP contribution in [-0.4, -0.2) is 46.6 Å². The van der Waals surface area contributed by atoms with Gasteiger partial charge in [0.15, 0.2) is 0 Å². The lowest BCUT2D eigenvalue weighted by Crippen LogP contribution is -2.47. The molecule has 3 heterocycles. The topological polar surface area (TPSA) is 62.5 Å². The molecule has 2 aromatic rings. The molecule has 1 unspecified atom stereocenters. The molecule has 0 aliphatic carbocycles. The van der Waals surface area contributed by atoms with Crippen LogP contribution in [0.15, 0.2) is 41.3 Å². The monoisotopic (exact) mass is 368 g/mol. The number of carbonyl (C=O) groups excluding carboxylic acids is 1. The van der Waals surface area contributed by atoms with E-state index in [1.54, 1.807) is 30.6 Å². The second-order valence-corrected chi connectivity index (χ2v) is 6.22. The molecule has 0 spiro atoms. The molecule has 1 aliphatic rings. The molecule has 6 nitrogen and oxygen atoms in total. The standard InChI is InChI=1S/C17H19F3N4O2/c18-17(19,20)12-24(11-14-5-2-9-26-14)15(25)13-4-1-8-23(10-13)16-21-6-3-7-22-16/h2-3,5-7,9,13H,1,4,8,10-12H2. The van der Waals surface area contributed by atoms with Gasteiger partial charge in [-0.15, -0.1) is 0 Å². The van der Waals surface area contributed by atoms with E-state index in [1.165, 1.54) is 6.26 Å². The van der Waals surface area contributed by atoms with E-state index in [9.17, 15) is 18.0 Å². The third-order valence-electron chi connectivity index (χ3n) is 4.21. The number of hydrogen-bond donors (Lipinski definition) is 0. The molecule has 2 aromatic heterocycles. The second-order valence-electron chi connectivity index (χ2n) is 6.22. The number of nitrogens with zero attached hydrogens (tertiary/aromatic N) is 4. The molecule has 1 saturated heterocycles. The smallest absolute Gasteiger partial charge is 0.406 e. The van der Waals surface area contributed by atoms with Gasteiger partial charge in [-0.05, 0) is 31.0 Å². The number of rotatable bonds is 5. The van der Waals surface area contributed by atoms with Gasteiger partial charge in [-0.3, -0.25) is 4.79 Å². The van der Waals surface area contributed by atoms with Gasteiger partial charge in [-0.1, -0.05) is 0 Å². The molecule has 1 fully saturated rings. The van der Waals surface area contributed by atoms with E-state index in [-0.39, 0.29) is 6.54 Å². The van der Waals surface area contributed by atoms with Gasteiger partial charge in [0.2, 0.25) is 11.9 Å². The minimum Gasteiger partial charge on any atom is -0.467 e. The molecule has 1 atom stereocenters. The van der Waals surface area contributed by atoms with Crippen molar-refractivity contribution in [1.82, 2.24) is 14.9 Å². The summed E-state index contributed by atoms with van der Waals surface area (Å²) in [7, 11) is 0. The highest BCUT2D eigenvalue weighted by Crippen LogP contribution is 2.25. The van der Waals surface area contributed by atoms with Gasteiger partial charge in [0.05, 0.1) is 18.7 Å². The lowest BCUT2D eigenvalue weighted by Gasteiger charge is -2.35. The molecule has 9 heteroatoms. The highest BCUT2D eigenvalue weighted by Gasteiger charge is 2.37. The molecule has 0 radical (unpaired) electrons. The fourth-order valence-corrected chi connectivity index (χ4v) is 3.09. The van der Waals surface area contributed by atoms with Crippen molar-refractivity contribution in [2.75, 3.05) is 24.5 Å². The van der Waals surface area contributed by atoms with E-state index in [0.717, 1.165) is 4.90 Å². The van der Waals surface area contributed by atoms with Gasteiger partial charge in [-0.2, -0.15) is 13.2 Å². The second kappa shape index (κ2) is 7.76. The van der Waals surface area contributed by atoms with Crippen LogP contribution in [0.1, 0.15) is 18.6 Å². The lowest BCUT2D eigenvalue weighted by molar-refractivity contribution is -0.165. The maximum Gasteiger partial charge on any atom is 0.406 e. The van der Waals surface area contributed by atoms with Crippen molar-refractivity contribution < 1.29 is 22.4 Å². The van der Waals surface area contributed by atoms with Crippen LogP contribution in [0.5, 0.6) is 0 Å². The summed E-state index contributed by atoms with van der Waals surface area (Å²) in [5, 5.41) is 0. The van der Waals surface area contributed by atoms with E-state index in [0.29, 0.717) is 37.6 Å². The molecule has 0 N–H and O–H groups in total. The number of amides is 1. The van der Waals surface area contributed by atoms with Gasteiger partial charge in [0.1, 0.15) is 12.3 Å². The highest BCUT2D eigenvalue weighted by molar-refractivity contribution is 5.79. The molecule has 3 rings (SSSR count). The predicted molar refractivity (Wildman–Crippen MR) is 87.1 cm³/mol. The van der Waals surface area contributed by atoms with Crippen molar-refractivity contribution in [3.05, 3.63) is 42.6 Å². The van der Waals surface area contributed by atoms with Crippen LogP contribution in [0.3, 0.4) is 0 Å². The molecule has 26 heavy (non-hydrogen) atoms. The molecular weight excluding hydrogens is 349 g/mol. The Morgan fingerprint density at radius 2 is 2.08 bits per heavy atom. The van der Waals surface area contributed by atoms with Crippen molar-refractivity contribution in [3.63, 3.8) is 0 Å². The Morgan fingerprint density at radius 1 is 1.31 bits per heavy atom. The SMILES string of the molecule is O=C(C1CCCN(c2ncccn2)C1)N(Cc1ccco1)CC(F)(F)F. The number of carbonyl (C=O) groups is 1. The molecule has 1 amide bonds. The van der Waals surface area contributed by atoms with Gasteiger partial charge in [0.25, 0.3) is 0 Å². The summed E-state index contributed by atoms with van der Waals surface area (Å²) < 4.78 is 44.0. The summed E-state index contributed by atoms with van der Waals surface area (Å²) in [6, 6.07) is 4.83. The van der Waals surface area contributed by atoms with E-state index in [4.69, 9.17) is 4.42 Å². The van der Waals surface area contributed by atoms with Gasteiger partial charge >= 0.3 is 6.18 Å². The molecule has 1 aliphatic heterocycles. The fraction of sp³-hybridized carbons (Fsp3) is 0.471. The summed E-state index contributed by atoms with van der Waals surface area (Å²) in [6.07, 6.45) is 1.32. The minimum absolute atomic E-state index is 0.205. The van der Waals surface area contributed by atoms with Crippen LogP contribution in [0, 0.1) is 5.92 Å². The summed E-state index contributed by atoms with van der Waals surface area (Å²) in [5.41, 5.74) is 0. The largest absolute Gasteiger partial charge is 0.467 e. The molecule has 0 bridgehead atoms. The number of halogens is 3. The van der Waals surface area contributed by atoms with E-state index in [2.05, 4.69) is 9.97 Å². The number of anilines is 1. The Labute approximate surface area is 148 Å². The fourth-order valence-electron chi connectivity index (χ4n) is 3.09. The van der Waals surface area contributed by atoms with Crippen molar-refractivity contribution in [1.29, 1.82) is 0 Å². The zero-order valence-corrected chi connectivity index (χ0v) is 14.0. The zero-order valence-electron chi connectivity index (χ0n) is 14.0. The normalized spacial score (nSPS) is 18.0. The zero-order chi connectivity index (χ0) is 18.6. The first-order valence-electron chi connectivity index (χ1n) is 8.32. The van der Waals surface area contributed by atoms with Crippen LogP contribution in [0.4, 0.5) is 19.1 Å². The Bertz CT molecular complexity index is 707. The van der Waals surface area contributed by atoms with E-state index in [1.807, 2.05) is 4.90 Å². The molecule has 140 valence electrons. The van der Waals surface area contributed by atoms with Gasteiger partial charge < -0.3 is 14.2 Å². The maximum absolute atomic E-state index is 12.9. The first kappa shape index (κ1) is 18.2. The first-order chi connectivity index (χ1) is 12.4. The minimum atomic E-state index is -4.47. The summed E-state index contributed by atoms with van der Waals surface area (Å²) in [6.45, 7) is -0.533. The summed E-state index contributed by atoms with van der Waals surface area (Å²) in [5.74, 6) is -0.260. The number of furan rings is 1. The predicted octanol–water partition coefficient (Wildman–Crippen LogP) is 2.88. The van der Waals surface area contributed by atoms with E-state index >= 15 is 0 Å². The Kier molecular flexibility index (Phi) is 5.43. The number of aromatic nitrogens is 2. The Morgan fingerprint density at radius 3 is 2.73 bits per heavy atom. The highest BCUT2D eigenvalue weighted by atomic mass is 19.4. The average Bonchev–Trinajstić information content (AvgIpc) is 3.13. The van der Waals surface area contributed by atoms with Crippen molar-refractivity contribution in [2.45, 2.75) is 25.6 Å². The maximum atomic E-state index is 12.9. The molecule has 0 aromatic carbocycles. The van der Waals surface area contributed by atoms with Gasteiger partial charge in [0, 0.05) is 25.5 Å². The van der Waals surface area contributed by atoms with Gasteiger partial charge in [-0.25, -0.2) is 9.97 Å². The number of alkyl halides is 3. The first-order valence-corrected chi connectivity index (χ1v) is 8.32.